The van der Waals surface area contributed by atoms with Crippen molar-refractivity contribution in [2.75, 3.05) is 45.9 Å². The zero-order valence-corrected chi connectivity index (χ0v) is 13.3. The third kappa shape index (κ3) is 3.76. The van der Waals surface area contributed by atoms with Gasteiger partial charge in [-0.3, -0.25) is 9.69 Å². The SMILES string of the molecule is Cc1ccc(C(=O)N2CCN(CC3=CCCOC3)CC2)cc1. The lowest BCUT2D eigenvalue weighted by atomic mass is 10.1. The van der Waals surface area contributed by atoms with Crippen LogP contribution in [0.1, 0.15) is 22.3 Å². The Morgan fingerprint density at radius 1 is 1.14 bits per heavy atom. The number of nitrogens with zero attached hydrogens (tertiary/aromatic N) is 2. The van der Waals surface area contributed by atoms with E-state index in [0.717, 1.165) is 57.9 Å². The Morgan fingerprint density at radius 2 is 1.86 bits per heavy atom. The van der Waals surface area contributed by atoms with Gasteiger partial charge in [-0.05, 0) is 31.1 Å². The van der Waals surface area contributed by atoms with Crippen molar-refractivity contribution < 1.29 is 9.53 Å². The van der Waals surface area contributed by atoms with Crippen molar-refractivity contribution in [1.29, 1.82) is 0 Å². The molecule has 0 aromatic heterocycles. The average molecular weight is 300 g/mol. The molecule has 2 aliphatic rings. The second-order valence-electron chi connectivity index (χ2n) is 6.14. The fraction of sp³-hybridized carbons (Fsp3) is 0.500. The predicted octanol–water partition coefficient (Wildman–Crippen LogP) is 2.10. The highest BCUT2D eigenvalue weighted by Gasteiger charge is 2.22. The molecule has 1 fully saturated rings. The third-order valence-corrected chi connectivity index (χ3v) is 4.37. The minimum absolute atomic E-state index is 0.153. The molecule has 0 aliphatic carbocycles. The highest BCUT2D eigenvalue weighted by atomic mass is 16.5. The maximum atomic E-state index is 12.5. The zero-order valence-electron chi connectivity index (χ0n) is 13.3. The number of rotatable bonds is 3. The third-order valence-electron chi connectivity index (χ3n) is 4.37. The van der Waals surface area contributed by atoms with E-state index in [0.29, 0.717) is 0 Å². The molecule has 1 amide bonds. The van der Waals surface area contributed by atoms with Gasteiger partial charge < -0.3 is 9.64 Å². The minimum Gasteiger partial charge on any atom is -0.377 e. The summed E-state index contributed by atoms with van der Waals surface area (Å²) in [6, 6.07) is 7.85. The lowest BCUT2D eigenvalue weighted by molar-refractivity contribution is 0.0637. The van der Waals surface area contributed by atoms with E-state index in [1.807, 2.05) is 36.1 Å². The van der Waals surface area contributed by atoms with Crippen LogP contribution in [-0.4, -0.2) is 61.6 Å². The minimum atomic E-state index is 0.153. The maximum absolute atomic E-state index is 12.5. The molecule has 2 heterocycles. The van der Waals surface area contributed by atoms with Gasteiger partial charge in [0.25, 0.3) is 5.91 Å². The summed E-state index contributed by atoms with van der Waals surface area (Å²) in [7, 11) is 0. The van der Waals surface area contributed by atoms with E-state index >= 15 is 0 Å². The number of amides is 1. The molecule has 0 N–H and O–H groups in total. The van der Waals surface area contributed by atoms with Gasteiger partial charge in [0.2, 0.25) is 0 Å². The normalized spacial score (nSPS) is 19.9. The van der Waals surface area contributed by atoms with Crippen LogP contribution in [0.15, 0.2) is 35.9 Å². The van der Waals surface area contributed by atoms with Crippen LogP contribution in [0.2, 0.25) is 0 Å². The van der Waals surface area contributed by atoms with Crippen LogP contribution in [0.4, 0.5) is 0 Å². The summed E-state index contributed by atoms with van der Waals surface area (Å²) >= 11 is 0. The molecule has 0 bridgehead atoms. The monoisotopic (exact) mass is 300 g/mol. The van der Waals surface area contributed by atoms with Crippen molar-refractivity contribution in [1.82, 2.24) is 9.80 Å². The lowest BCUT2D eigenvalue weighted by Crippen LogP contribution is -2.49. The molecule has 0 saturated carbocycles. The molecule has 118 valence electrons. The first-order chi connectivity index (χ1) is 10.7. The Labute approximate surface area is 132 Å². The Balaban J connectivity index is 1.51. The number of carbonyl (C=O) groups is 1. The van der Waals surface area contributed by atoms with Crippen LogP contribution < -0.4 is 0 Å². The molecule has 4 nitrogen and oxygen atoms in total. The molecule has 1 aromatic rings. The van der Waals surface area contributed by atoms with Crippen LogP contribution in [0.25, 0.3) is 0 Å². The molecular formula is C18H24N2O2. The fourth-order valence-electron chi connectivity index (χ4n) is 2.99. The summed E-state index contributed by atoms with van der Waals surface area (Å²) in [6.07, 6.45) is 3.33. The number of hydrogen-bond acceptors (Lipinski definition) is 3. The van der Waals surface area contributed by atoms with E-state index in [9.17, 15) is 4.79 Å². The van der Waals surface area contributed by atoms with Gasteiger partial charge in [0, 0.05) is 38.3 Å². The summed E-state index contributed by atoms with van der Waals surface area (Å²) in [5.41, 5.74) is 3.36. The standard InChI is InChI=1S/C18H24N2O2/c1-15-4-6-17(7-5-15)18(21)20-10-8-19(9-11-20)13-16-3-2-12-22-14-16/h3-7H,2,8-14H2,1H3. The summed E-state index contributed by atoms with van der Waals surface area (Å²) in [5.74, 6) is 0.153. The molecule has 4 heteroatoms. The van der Waals surface area contributed by atoms with Crippen LogP contribution >= 0.6 is 0 Å². The van der Waals surface area contributed by atoms with Crippen molar-refractivity contribution in [3.63, 3.8) is 0 Å². The maximum Gasteiger partial charge on any atom is 0.253 e. The summed E-state index contributed by atoms with van der Waals surface area (Å²) in [6.45, 7) is 8.12. The average Bonchev–Trinajstić information content (AvgIpc) is 2.57. The summed E-state index contributed by atoms with van der Waals surface area (Å²) in [5, 5.41) is 0. The van der Waals surface area contributed by atoms with Crippen molar-refractivity contribution in [2.45, 2.75) is 13.3 Å². The van der Waals surface area contributed by atoms with Gasteiger partial charge in [0.15, 0.2) is 0 Å². The van der Waals surface area contributed by atoms with E-state index in [2.05, 4.69) is 11.0 Å². The zero-order chi connectivity index (χ0) is 15.4. The Bertz CT molecular complexity index is 543. The van der Waals surface area contributed by atoms with Gasteiger partial charge in [-0.2, -0.15) is 0 Å². The number of aryl methyl sites for hydroxylation is 1. The van der Waals surface area contributed by atoms with Crippen molar-refractivity contribution in [3.05, 3.63) is 47.0 Å². The van der Waals surface area contributed by atoms with Crippen LogP contribution in [0.5, 0.6) is 0 Å². The number of hydrogen-bond donors (Lipinski definition) is 0. The number of benzene rings is 1. The quantitative estimate of drug-likeness (QED) is 0.802. The topological polar surface area (TPSA) is 32.8 Å². The first-order valence-corrected chi connectivity index (χ1v) is 8.06. The molecule has 3 rings (SSSR count). The first kappa shape index (κ1) is 15.3. The molecule has 0 spiro atoms. The van der Waals surface area contributed by atoms with E-state index in [1.54, 1.807) is 0 Å². The van der Waals surface area contributed by atoms with Gasteiger partial charge in [0.1, 0.15) is 0 Å². The van der Waals surface area contributed by atoms with Gasteiger partial charge in [-0.25, -0.2) is 0 Å². The van der Waals surface area contributed by atoms with Gasteiger partial charge in [-0.15, -0.1) is 0 Å². The molecule has 0 radical (unpaired) electrons. The smallest absolute Gasteiger partial charge is 0.253 e. The van der Waals surface area contributed by atoms with Gasteiger partial charge >= 0.3 is 0 Å². The van der Waals surface area contributed by atoms with Crippen molar-refractivity contribution in [3.8, 4) is 0 Å². The fourth-order valence-corrected chi connectivity index (χ4v) is 2.99. The molecule has 2 aliphatic heterocycles. The van der Waals surface area contributed by atoms with E-state index in [-0.39, 0.29) is 5.91 Å². The van der Waals surface area contributed by atoms with Crippen LogP contribution in [0.3, 0.4) is 0 Å². The highest BCUT2D eigenvalue weighted by Crippen LogP contribution is 2.13. The van der Waals surface area contributed by atoms with Crippen molar-refractivity contribution in [2.24, 2.45) is 0 Å². The first-order valence-electron chi connectivity index (χ1n) is 8.06. The Kier molecular flexibility index (Phi) is 4.90. The Hall–Kier alpha value is -1.65. The molecule has 1 saturated heterocycles. The number of carbonyl (C=O) groups excluding carboxylic acids is 1. The highest BCUT2D eigenvalue weighted by molar-refractivity contribution is 5.94. The van der Waals surface area contributed by atoms with Crippen molar-refractivity contribution >= 4 is 5.91 Å². The largest absolute Gasteiger partial charge is 0.377 e. The van der Waals surface area contributed by atoms with E-state index < -0.39 is 0 Å². The van der Waals surface area contributed by atoms with Crippen LogP contribution in [0, 0.1) is 6.92 Å². The number of ether oxygens (including phenoxy) is 1. The second-order valence-corrected chi connectivity index (χ2v) is 6.14. The van der Waals surface area contributed by atoms with E-state index in [4.69, 9.17) is 4.74 Å². The molecular weight excluding hydrogens is 276 g/mol. The Morgan fingerprint density at radius 3 is 2.50 bits per heavy atom. The molecule has 1 aromatic carbocycles. The van der Waals surface area contributed by atoms with E-state index in [1.165, 1.54) is 11.1 Å². The molecule has 0 unspecified atom stereocenters. The lowest BCUT2D eigenvalue weighted by Gasteiger charge is -2.35. The second kappa shape index (κ2) is 7.07. The molecule has 22 heavy (non-hydrogen) atoms. The van der Waals surface area contributed by atoms with Gasteiger partial charge in [0.05, 0.1) is 13.2 Å². The molecule has 0 atom stereocenters. The van der Waals surface area contributed by atoms with Crippen LogP contribution in [-0.2, 0) is 4.74 Å². The number of piperazine rings is 1. The predicted molar refractivity (Wildman–Crippen MR) is 87.0 cm³/mol. The summed E-state index contributed by atoms with van der Waals surface area (Å²) in [4.78, 5) is 16.9. The van der Waals surface area contributed by atoms with Gasteiger partial charge in [-0.1, -0.05) is 23.8 Å². The summed E-state index contributed by atoms with van der Waals surface area (Å²) < 4.78 is 5.49.